The molecule has 6 heteroatoms. The van der Waals surface area contributed by atoms with Gasteiger partial charge >= 0.3 is 0 Å². The van der Waals surface area contributed by atoms with Crippen LogP contribution < -0.4 is 5.32 Å². The molecule has 5 nitrogen and oxygen atoms in total. The normalized spacial score (nSPS) is 10.6. The Morgan fingerprint density at radius 1 is 0.897 bits per heavy atom. The van der Waals surface area contributed by atoms with Crippen LogP contribution in [0.1, 0.15) is 15.9 Å². The molecule has 0 atom stereocenters. The first-order valence-electron chi connectivity index (χ1n) is 9.01. The molecule has 0 aliphatic rings. The maximum absolute atomic E-state index is 13.2. The molecular formula is C23H17FN4O. The molecule has 4 rings (SSSR count). The van der Waals surface area contributed by atoms with Gasteiger partial charge in [-0.05, 0) is 55.5 Å². The first kappa shape index (κ1) is 18.4. The van der Waals surface area contributed by atoms with E-state index in [9.17, 15) is 9.18 Å². The molecule has 0 bridgehead atoms. The third-order valence-corrected chi connectivity index (χ3v) is 4.40. The fourth-order valence-corrected chi connectivity index (χ4v) is 2.85. The van der Waals surface area contributed by atoms with Crippen molar-refractivity contribution in [2.75, 3.05) is 5.32 Å². The number of benzene rings is 2. The molecule has 2 heterocycles. The number of carbonyl (C=O) groups excluding carboxylic acids is 1. The van der Waals surface area contributed by atoms with E-state index in [0.717, 1.165) is 11.1 Å². The lowest BCUT2D eigenvalue weighted by molar-refractivity contribution is 0.102. The predicted molar refractivity (Wildman–Crippen MR) is 110 cm³/mol. The topological polar surface area (TPSA) is 67.8 Å². The van der Waals surface area contributed by atoms with Crippen molar-refractivity contribution in [3.8, 4) is 22.6 Å². The maximum Gasteiger partial charge on any atom is 0.259 e. The van der Waals surface area contributed by atoms with E-state index < -0.39 is 0 Å². The van der Waals surface area contributed by atoms with Gasteiger partial charge in [0.2, 0.25) is 0 Å². The molecule has 0 fully saturated rings. The summed E-state index contributed by atoms with van der Waals surface area (Å²) in [7, 11) is 0. The van der Waals surface area contributed by atoms with Crippen LogP contribution in [0.15, 0.2) is 79.3 Å². The molecule has 0 unspecified atom stereocenters. The van der Waals surface area contributed by atoms with Crippen molar-refractivity contribution in [3.63, 3.8) is 0 Å². The standard InChI is InChI=1S/C23H17FN4O/c1-15-2-8-19(9-3-15)27-23(29)20-14-26-22(17-4-6-18(24)7-5-17)28-21(20)16-10-12-25-13-11-16/h2-14H,1H3,(H,27,29). The Labute approximate surface area is 167 Å². The molecule has 0 aliphatic carbocycles. The van der Waals surface area contributed by atoms with Gasteiger partial charge in [-0.2, -0.15) is 0 Å². The first-order valence-corrected chi connectivity index (χ1v) is 9.01. The minimum Gasteiger partial charge on any atom is -0.322 e. The summed E-state index contributed by atoms with van der Waals surface area (Å²) in [6.07, 6.45) is 4.76. The Hall–Kier alpha value is -3.93. The van der Waals surface area contributed by atoms with Gasteiger partial charge in [-0.15, -0.1) is 0 Å². The summed E-state index contributed by atoms with van der Waals surface area (Å²) in [5, 5.41) is 2.88. The van der Waals surface area contributed by atoms with E-state index in [-0.39, 0.29) is 11.7 Å². The summed E-state index contributed by atoms with van der Waals surface area (Å²) in [6.45, 7) is 1.98. The van der Waals surface area contributed by atoms with Gasteiger partial charge in [0, 0.05) is 35.4 Å². The average Bonchev–Trinajstić information content (AvgIpc) is 2.76. The van der Waals surface area contributed by atoms with Crippen molar-refractivity contribution in [3.05, 3.63) is 96.2 Å². The van der Waals surface area contributed by atoms with Crippen LogP contribution in [0, 0.1) is 12.7 Å². The Kier molecular flexibility index (Phi) is 5.07. The van der Waals surface area contributed by atoms with Gasteiger partial charge in [0.1, 0.15) is 5.82 Å². The highest BCUT2D eigenvalue weighted by Crippen LogP contribution is 2.25. The molecule has 0 spiro atoms. The van der Waals surface area contributed by atoms with Crippen molar-refractivity contribution < 1.29 is 9.18 Å². The van der Waals surface area contributed by atoms with E-state index in [2.05, 4.69) is 20.3 Å². The van der Waals surface area contributed by atoms with Crippen LogP contribution in [0.3, 0.4) is 0 Å². The third-order valence-electron chi connectivity index (χ3n) is 4.40. The molecule has 2 aromatic heterocycles. The Balaban J connectivity index is 1.75. The van der Waals surface area contributed by atoms with Crippen LogP contribution in [-0.2, 0) is 0 Å². The van der Waals surface area contributed by atoms with Gasteiger partial charge in [0.05, 0.1) is 11.3 Å². The number of hydrogen-bond donors (Lipinski definition) is 1. The number of aryl methyl sites for hydroxylation is 1. The average molecular weight is 384 g/mol. The maximum atomic E-state index is 13.2. The molecule has 0 saturated carbocycles. The number of anilines is 1. The van der Waals surface area contributed by atoms with Crippen LogP contribution >= 0.6 is 0 Å². The number of halogens is 1. The smallest absolute Gasteiger partial charge is 0.259 e. The summed E-state index contributed by atoms with van der Waals surface area (Å²) in [5.74, 6) is -0.243. The van der Waals surface area contributed by atoms with Gasteiger partial charge in [-0.3, -0.25) is 9.78 Å². The van der Waals surface area contributed by atoms with Gasteiger partial charge in [0.25, 0.3) is 5.91 Å². The molecule has 4 aromatic rings. The molecule has 0 radical (unpaired) electrons. The van der Waals surface area contributed by atoms with Crippen LogP contribution in [-0.4, -0.2) is 20.9 Å². The number of aromatic nitrogens is 3. The fourth-order valence-electron chi connectivity index (χ4n) is 2.85. The van der Waals surface area contributed by atoms with Gasteiger partial charge < -0.3 is 5.32 Å². The van der Waals surface area contributed by atoms with E-state index in [4.69, 9.17) is 0 Å². The quantitative estimate of drug-likeness (QED) is 0.543. The molecule has 0 saturated heterocycles. The molecule has 142 valence electrons. The molecule has 29 heavy (non-hydrogen) atoms. The van der Waals surface area contributed by atoms with Gasteiger partial charge in [-0.25, -0.2) is 14.4 Å². The van der Waals surface area contributed by atoms with E-state index >= 15 is 0 Å². The van der Waals surface area contributed by atoms with Crippen molar-refractivity contribution >= 4 is 11.6 Å². The Morgan fingerprint density at radius 2 is 1.59 bits per heavy atom. The number of amides is 1. The lowest BCUT2D eigenvalue weighted by atomic mass is 10.1. The minimum atomic E-state index is -0.336. The highest BCUT2D eigenvalue weighted by Gasteiger charge is 2.17. The van der Waals surface area contributed by atoms with Gasteiger partial charge in [0.15, 0.2) is 5.82 Å². The van der Waals surface area contributed by atoms with Crippen molar-refractivity contribution in [1.29, 1.82) is 0 Å². The SMILES string of the molecule is Cc1ccc(NC(=O)c2cnc(-c3ccc(F)cc3)nc2-c2ccncc2)cc1. The molecule has 2 aromatic carbocycles. The second-order valence-corrected chi connectivity index (χ2v) is 6.52. The highest BCUT2D eigenvalue weighted by atomic mass is 19.1. The second-order valence-electron chi connectivity index (χ2n) is 6.52. The summed E-state index contributed by atoms with van der Waals surface area (Å²) in [4.78, 5) is 25.9. The molecule has 1 amide bonds. The third kappa shape index (κ3) is 4.16. The van der Waals surface area contributed by atoms with E-state index in [1.54, 1.807) is 36.7 Å². The summed E-state index contributed by atoms with van der Waals surface area (Å²) >= 11 is 0. The van der Waals surface area contributed by atoms with Crippen LogP contribution in [0.4, 0.5) is 10.1 Å². The van der Waals surface area contributed by atoms with Crippen molar-refractivity contribution in [2.45, 2.75) is 6.92 Å². The van der Waals surface area contributed by atoms with Crippen LogP contribution in [0.25, 0.3) is 22.6 Å². The zero-order chi connectivity index (χ0) is 20.2. The number of nitrogens with zero attached hydrogens (tertiary/aromatic N) is 3. The molecule has 1 N–H and O–H groups in total. The predicted octanol–water partition coefficient (Wildman–Crippen LogP) is 4.91. The summed E-state index contributed by atoms with van der Waals surface area (Å²) < 4.78 is 13.2. The minimum absolute atomic E-state index is 0.314. The largest absolute Gasteiger partial charge is 0.322 e. The molecular weight excluding hydrogens is 367 g/mol. The zero-order valence-corrected chi connectivity index (χ0v) is 15.6. The molecule has 0 aliphatic heterocycles. The number of hydrogen-bond acceptors (Lipinski definition) is 4. The van der Waals surface area contributed by atoms with E-state index in [0.29, 0.717) is 28.3 Å². The first-order chi connectivity index (χ1) is 14.1. The number of pyridine rings is 1. The summed E-state index contributed by atoms with van der Waals surface area (Å²) in [5.41, 5.74) is 4.00. The lowest BCUT2D eigenvalue weighted by Gasteiger charge is -2.11. The summed E-state index contributed by atoms with van der Waals surface area (Å²) in [6, 6.07) is 17.0. The monoisotopic (exact) mass is 384 g/mol. The van der Waals surface area contributed by atoms with E-state index in [1.165, 1.54) is 18.3 Å². The Morgan fingerprint density at radius 3 is 2.28 bits per heavy atom. The van der Waals surface area contributed by atoms with Crippen LogP contribution in [0.2, 0.25) is 0 Å². The number of carbonyl (C=O) groups is 1. The zero-order valence-electron chi connectivity index (χ0n) is 15.6. The highest BCUT2D eigenvalue weighted by molar-refractivity contribution is 6.08. The van der Waals surface area contributed by atoms with Crippen LogP contribution in [0.5, 0.6) is 0 Å². The number of rotatable bonds is 4. The fraction of sp³-hybridized carbons (Fsp3) is 0.0435. The second kappa shape index (κ2) is 7.98. The Bertz CT molecular complexity index is 1140. The number of nitrogens with one attached hydrogen (secondary N) is 1. The van der Waals surface area contributed by atoms with Crippen molar-refractivity contribution in [2.24, 2.45) is 0 Å². The van der Waals surface area contributed by atoms with E-state index in [1.807, 2.05) is 31.2 Å². The lowest BCUT2D eigenvalue weighted by Crippen LogP contribution is -2.15. The van der Waals surface area contributed by atoms with Gasteiger partial charge in [-0.1, -0.05) is 17.7 Å². The van der Waals surface area contributed by atoms with Crippen molar-refractivity contribution in [1.82, 2.24) is 15.0 Å².